The SMILES string of the molecule is Fc1ccc2ncnc(Nc3cnn(CCN4CCCCC4)c3)c2c1. The van der Waals surface area contributed by atoms with Crippen molar-refractivity contribution in [1.29, 1.82) is 0 Å². The van der Waals surface area contributed by atoms with Crippen molar-refractivity contribution in [3.8, 4) is 0 Å². The number of nitrogens with one attached hydrogen (secondary N) is 1. The Balaban J connectivity index is 1.45. The van der Waals surface area contributed by atoms with Crippen LogP contribution in [0.5, 0.6) is 0 Å². The largest absolute Gasteiger partial charge is 0.337 e. The molecule has 1 aromatic carbocycles. The minimum atomic E-state index is -0.303. The molecule has 0 amide bonds. The van der Waals surface area contributed by atoms with E-state index in [4.69, 9.17) is 0 Å². The highest BCUT2D eigenvalue weighted by Crippen LogP contribution is 2.23. The number of benzene rings is 1. The first-order valence-corrected chi connectivity index (χ1v) is 8.70. The third-order valence-electron chi connectivity index (χ3n) is 4.59. The summed E-state index contributed by atoms with van der Waals surface area (Å²) < 4.78 is 15.5. The van der Waals surface area contributed by atoms with E-state index in [9.17, 15) is 4.39 Å². The molecule has 1 N–H and O–H groups in total. The number of halogens is 1. The fourth-order valence-corrected chi connectivity index (χ4v) is 3.24. The Hall–Kier alpha value is -2.54. The summed E-state index contributed by atoms with van der Waals surface area (Å²) in [5.74, 6) is 0.280. The number of anilines is 2. The number of likely N-dealkylation sites (tertiary alicyclic amines) is 1. The number of hydrogen-bond acceptors (Lipinski definition) is 5. The van der Waals surface area contributed by atoms with E-state index in [1.165, 1.54) is 50.8 Å². The Morgan fingerprint density at radius 3 is 2.84 bits per heavy atom. The van der Waals surface area contributed by atoms with Crippen molar-refractivity contribution in [1.82, 2.24) is 24.6 Å². The van der Waals surface area contributed by atoms with Gasteiger partial charge < -0.3 is 10.2 Å². The van der Waals surface area contributed by atoms with Gasteiger partial charge in [-0.2, -0.15) is 5.10 Å². The number of piperidine rings is 1. The molecular weight excluding hydrogens is 319 g/mol. The highest BCUT2D eigenvalue weighted by molar-refractivity contribution is 5.90. The lowest BCUT2D eigenvalue weighted by atomic mass is 10.1. The third kappa shape index (κ3) is 3.76. The summed E-state index contributed by atoms with van der Waals surface area (Å²) in [6.07, 6.45) is 9.14. The van der Waals surface area contributed by atoms with Gasteiger partial charge in [-0.05, 0) is 44.1 Å². The zero-order valence-electron chi connectivity index (χ0n) is 14.0. The fourth-order valence-electron chi connectivity index (χ4n) is 3.24. The first-order chi connectivity index (χ1) is 12.3. The Labute approximate surface area is 145 Å². The predicted octanol–water partition coefficient (Wildman–Crippen LogP) is 3.19. The van der Waals surface area contributed by atoms with E-state index >= 15 is 0 Å². The summed E-state index contributed by atoms with van der Waals surface area (Å²) in [6, 6.07) is 4.50. The standard InChI is InChI=1S/C18H21FN6/c19-14-4-5-17-16(10-14)18(21-13-20-17)23-15-11-22-25(12-15)9-8-24-6-2-1-3-7-24/h4-5,10-13H,1-3,6-9H2,(H,20,21,23). The van der Waals surface area contributed by atoms with Gasteiger partial charge >= 0.3 is 0 Å². The van der Waals surface area contributed by atoms with Crippen molar-refractivity contribution < 1.29 is 4.39 Å². The van der Waals surface area contributed by atoms with Crippen LogP contribution >= 0.6 is 0 Å². The summed E-state index contributed by atoms with van der Waals surface area (Å²) in [4.78, 5) is 10.9. The minimum absolute atomic E-state index is 0.303. The van der Waals surface area contributed by atoms with Crippen molar-refractivity contribution in [2.24, 2.45) is 0 Å². The normalized spacial score (nSPS) is 15.6. The van der Waals surface area contributed by atoms with E-state index in [2.05, 4.69) is 25.3 Å². The monoisotopic (exact) mass is 340 g/mol. The molecule has 1 aliphatic heterocycles. The molecule has 0 spiro atoms. The lowest BCUT2D eigenvalue weighted by Crippen LogP contribution is -2.32. The number of fused-ring (bicyclic) bond motifs is 1. The van der Waals surface area contributed by atoms with Gasteiger partial charge in [0.05, 0.1) is 23.9 Å². The second kappa shape index (κ2) is 7.14. The van der Waals surface area contributed by atoms with Crippen LogP contribution in [-0.2, 0) is 6.54 Å². The molecule has 130 valence electrons. The summed E-state index contributed by atoms with van der Waals surface area (Å²) >= 11 is 0. The fraction of sp³-hybridized carbons (Fsp3) is 0.389. The first kappa shape index (κ1) is 16.0. The van der Waals surface area contributed by atoms with Crippen LogP contribution in [-0.4, -0.2) is 44.3 Å². The smallest absolute Gasteiger partial charge is 0.141 e. The van der Waals surface area contributed by atoms with Crippen LogP contribution in [0.1, 0.15) is 19.3 Å². The highest BCUT2D eigenvalue weighted by atomic mass is 19.1. The van der Waals surface area contributed by atoms with Crippen molar-refractivity contribution in [3.63, 3.8) is 0 Å². The Kier molecular flexibility index (Phi) is 4.56. The lowest BCUT2D eigenvalue weighted by Gasteiger charge is -2.26. The van der Waals surface area contributed by atoms with Gasteiger partial charge in [-0.1, -0.05) is 6.42 Å². The Morgan fingerprint density at radius 2 is 1.96 bits per heavy atom. The maximum atomic E-state index is 13.5. The molecule has 25 heavy (non-hydrogen) atoms. The Bertz CT molecular complexity index is 856. The van der Waals surface area contributed by atoms with Gasteiger partial charge in [-0.3, -0.25) is 4.68 Å². The molecule has 0 atom stereocenters. The van der Waals surface area contributed by atoms with Crippen LogP contribution in [0.15, 0.2) is 36.9 Å². The van der Waals surface area contributed by atoms with Crippen LogP contribution in [0, 0.1) is 5.82 Å². The van der Waals surface area contributed by atoms with E-state index < -0.39 is 0 Å². The average Bonchev–Trinajstić information content (AvgIpc) is 3.09. The zero-order valence-corrected chi connectivity index (χ0v) is 14.0. The topological polar surface area (TPSA) is 58.9 Å². The molecule has 6 nitrogen and oxygen atoms in total. The molecule has 1 aliphatic rings. The van der Waals surface area contributed by atoms with Crippen molar-refractivity contribution in [2.75, 3.05) is 25.0 Å². The van der Waals surface area contributed by atoms with E-state index in [1.807, 2.05) is 10.9 Å². The molecule has 2 aromatic heterocycles. The predicted molar refractivity (Wildman–Crippen MR) is 95.3 cm³/mol. The molecular formula is C18H21FN6. The number of nitrogens with zero attached hydrogens (tertiary/aromatic N) is 5. The van der Waals surface area contributed by atoms with Gasteiger partial charge in [0.25, 0.3) is 0 Å². The van der Waals surface area contributed by atoms with E-state index in [1.54, 1.807) is 12.3 Å². The van der Waals surface area contributed by atoms with Gasteiger partial charge in [-0.15, -0.1) is 0 Å². The Morgan fingerprint density at radius 1 is 1.08 bits per heavy atom. The first-order valence-electron chi connectivity index (χ1n) is 8.70. The van der Waals surface area contributed by atoms with Crippen molar-refractivity contribution >= 4 is 22.4 Å². The minimum Gasteiger partial charge on any atom is -0.337 e. The van der Waals surface area contributed by atoms with Crippen LogP contribution in [0.2, 0.25) is 0 Å². The van der Waals surface area contributed by atoms with Crippen molar-refractivity contribution in [2.45, 2.75) is 25.8 Å². The molecule has 3 heterocycles. The molecule has 4 rings (SSSR count). The number of hydrogen-bond donors (Lipinski definition) is 1. The molecule has 7 heteroatoms. The maximum Gasteiger partial charge on any atom is 0.141 e. The maximum absolute atomic E-state index is 13.5. The zero-order chi connectivity index (χ0) is 17.1. The van der Waals surface area contributed by atoms with E-state index in [0.29, 0.717) is 16.7 Å². The van der Waals surface area contributed by atoms with Gasteiger partial charge in [0.15, 0.2) is 0 Å². The van der Waals surface area contributed by atoms with E-state index in [-0.39, 0.29) is 5.82 Å². The van der Waals surface area contributed by atoms with E-state index in [0.717, 1.165) is 18.8 Å². The number of aromatic nitrogens is 4. The molecule has 0 unspecified atom stereocenters. The quantitative estimate of drug-likeness (QED) is 0.773. The van der Waals surface area contributed by atoms with Gasteiger partial charge in [-0.25, -0.2) is 14.4 Å². The summed E-state index contributed by atoms with van der Waals surface area (Å²) in [5.41, 5.74) is 1.54. The van der Waals surface area contributed by atoms with Crippen LogP contribution in [0.4, 0.5) is 15.9 Å². The molecule has 1 fully saturated rings. The summed E-state index contributed by atoms with van der Waals surface area (Å²) in [5, 5.41) is 8.28. The van der Waals surface area contributed by atoms with Crippen LogP contribution in [0.25, 0.3) is 10.9 Å². The molecule has 3 aromatic rings. The highest BCUT2D eigenvalue weighted by Gasteiger charge is 2.10. The third-order valence-corrected chi connectivity index (χ3v) is 4.59. The van der Waals surface area contributed by atoms with Crippen LogP contribution < -0.4 is 5.32 Å². The molecule has 0 bridgehead atoms. The van der Waals surface area contributed by atoms with Crippen LogP contribution in [0.3, 0.4) is 0 Å². The second-order valence-corrected chi connectivity index (χ2v) is 6.40. The second-order valence-electron chi connectivity index (χ2n) is 6.40. The summed E-state index contributed by atoms with van der Waals surface area (Å²) in [6.45, 7) is 4.25. The number of rotatable bonds is 5. The average molecular weight is 340 g/mol. The van der Waals surface area contributed by atoms with Gasteiger partial charge in [0.1, 0.15) is 18.0 Å². The van der Waals surface area contributed by atoms with Gasteiger partial charge in [0, 0.05) is 18.1 Å². The lowest BCUT2D eigenvalue weighted by molar-refractivity contribution is 0.218. The molecule has 0 aliphatic carbocycles. The van der Waals surface area contributed by atoms with Crippen molar-refractivity contribution in [3.05, 3.63) is 42.7 Å². The van der Waals surface area contributed by atoms with Gasteiger partial charge in [0.2, 0.25) is 0 Å². The molecule has 0 saturated carbocycles. The summed E-state index contributed by atoms with van der Waals surface area (Å²) in [7, 11) is 0. The molecule has 0 radical (unpaired) electrons. The molecule has 1 saturated heterocycles.